The van der Waals surface area contributed by atoms with Crippen LogP contribution in [0.25, 0.3) is 0 Å². The van der Waals surface area contributed by atoms with Gasteiger partial charge in [0.2, 0.25) is 0 Å². The maximum absolute atomic E-state index is 6.69. The molecule has 1 saturated heterocycles. The zero-order chi connectivity index (χ0) is 22.5. The predicted molar refractivity (Wildman–Crippen MR) is 163 cm³/mol. The minimum absolute atomic E-state index is 0.626. The summed E-state index contributed by atoms with van der Waals surface area (Å²) in [5.41, 5.74) is 1.25. The summed E-state index contributed by atoms with van der Waals surface area (Å²) in [5, 5.41) is 0. The highest BCUT2D eigenvalue weighted by Gasteiger charge is 2.70. The number of rotatable bonds is 10. The van der Waals surface area contributed by atoms with Crippen molar-refractivity contribution in [2.24, 2.45) is 0 Å². The van der Waals surface area contributed by atoms with Crippen LogP contribution in [0.1, 0.15) is 0 Å². The third kappa shape index (κ3) is 7.56. The van der Waals surface area contributed by atoms with Gasteiger partial charge in [0.05, 0.1) is 45.3 Å². The van der Waals surface area contributed by atoms with Crippen molar-refractivity contribution in [3.63, 3.8) is 0 Å². The quantitative estimate of drug-likeness (QED) is 0.283. The lowest BCUT2D eigenvalue weighted by molar-refractivity contribution is 0.547. The Balaban J connectivity index is 3.35. The zero-order valence-corrected chi connectivity index (χ0v) is 26.1. The molecule has 0 aliphatic carbocycles. The highest BCUT2D eigenvalue weighted by molar-refractivity contribution is 8.01. The Morgan fingerprint density at radius 1 is 0.679 bits per heavy atom. The first-order valence-electron chi connectivity index (χ1n) is 11.0. The van der Waals surface area contributed by atoms with E-state index in [1.165, 1.54) is 0 Å². The van der Waals surface area contributed by atoms with Crippen molar-refractivity contribution in [2.75, 3.05) is 0 Å². The van der Waals surface area contributed by atoms with Gasteiger partial charge in [-0.25, -0.2) is 0 Å². The molecule has 0 spiro atoms. The lowest BCUT2D eigenvalue weighted by atomic mass is 8.57. The molecule has 0 aromatic heterocycles. The molecular formula is C10H36B10Cl2O2Si4. The summed E-state index contributed by atoms with van der Waals surface area (Å²) in [6.07, 6.45) is 2.73. The van der Waals surface area contributed by atoms with E-state index in [1.807, 2.05) is 0 Å². The largest absolute Gasteiger partial charge is 0.445 e. The van der Waals surface area contributed by atoms with E-state index in [0.29, 0.717) is 43.0 Å². The van der Waals surface area contributed by atoms with Gasteiger partial charge in [0.25, 0.3) is 15.3 Å². The molecule has 0 saturated carbocycles. The van der Waals surface area contributed by atoms with Crippen LogP contribution in [0.15, 0.2) is 0 Å². The molecule has 18 heteroatoms. The van der Waals surface area contributed by atoms with Crippen molar-refractivity contribution in [1.82, 2.24) is 0 Å². The van der Waals surface area contributed by atoms with Crippen LogP contribution in [0, 0.1) is 0 Å². The Bertz CT molecular complexity index is 513. The average molecular weight is 480 g/mol. The Hall–Kier alpha value is 2.02. The molecule has 2 nitrogen and oxygen atoms in total. The van der Waals surface area contributed by atoms with E-state index in [-0.39, 0.29) is 0 Å². The predicted octanol–water partition coefficient (Wildman–Crippen LogP) is -1.42. The fraction of sp³-hybridized carbons (Fsp3) is 1.00. The maximum Gasteiger partial charge on any atom is 0.274 e. The number of hydrogen-bond donors (Lipinski definition) is 0. The fourth-order valence-corrected chi connectivity index (χ4v) is 27.8. The van der Waals surface area contributed by atoms with E-state index in [4.69, 9.17) is 30.4 Å². The number of halogens is 2. The summed E-state index contributed by atoms with van der Waals surface area (Å²) in [4.78, 5) is 0. The second-order valence-corrected chi connectivity index (χ2v) is 32.0. The molecular weight excluding hydrogens is 443 g/mol. The molecule has 1 aliphatic rings. The first kappa shape index (κ1) is 28.1. The van der Waals surface area contributed by atoms with Gasteiger partial charge >= 0.3 is 0 Å². The molecule has 1 heterocycles. The van der Waals surface area contributed by atoms with Crippen molar-refractivity contribution in [3.05, 3.63) is 0 Å². The Morgan fingerprint density at radius 3 is 1.21 bits per heavy atom. The summed E-state index contributed by atoms with van der Waals surface area (Å²) >= 11 is 13.4. The molecule has 0 bridgehead atoms. The SMILES string of the molecule is BB(B)B(B)B(B(B)B)B1C([Si](C)(C)O[Si](C)(C)Cl)C1[Si](C)(C)O[Si](C)(C)Cl. The number of hydrogen-bond acceptors (Lipinski definition) is 2. The topological polar surface area (TPSA) is 18.5 Å². The van der Waals surface area contributed by atoms with E-state index in [2.05, 4.69) is 91.1 Å². The van der Waals surface area contributed by atoms with Gasteiger partial charge in [0.15, 0.2) is 16.6 Å². The van der Waals surface area contributed by atoms with Gasteiger partial charge in [0, 0.05) is 25.5 Å². The first-order chi connectivity index (χ1) is 12.2. The summed E-state index contributed by atoms with van der Waals surface area (Å²) < 4.78 is 13.4. The second kappa shape index (κ2) is 9.48. The third-order valence-corrected chi connectivity index (χ3v) is 21.1. The summed E-state index contributed by atoms with van der Waals surface area (Å²) in [6.45, 7) is 18.7. The van der Waals surface area contributed by atoms with Crippen LogP contribution >= 0.6 is 22.2 Å². The zero-order valence-electron chi connectivity index (χ0n) is 20.6. The van der Waals surface area contributed by atoms with E-state index in [0.717, 1.165) is 0 Å². The van der Waals surface area contributed by atoms with Crippen molar-refractivity contribution >= 4 is 125 Å². The summed E-state index contributed by atoms with van der Waals surface area (Å²) in [6, 6.07) is 0. The van der Waals surface area contributed by atoms with Gasteiger partial charge in [-0.2, -0.15) is 0 Å². The van der Waals surface area contributed by atoms with Crippen LogP contribution in [0.2, 0.25) is 63.3 Å². The van der Waals surface area contributed by atoms with Gasteiger partial charge in [-0.1, -0.05) is 10.9 Å². The Morgan fingerprint density at radius 2 is 1.00 bits per heavy atom. The molecule has 2 unspecified atom stereocenters. The van der Waals surface area contributed by atoms with Crippen molar-refractivity contribution in [1.29, 1.82) is 0 Å². The van der Waals surface area contributed by atoms with Crippen molar-refractivity contribution in [2.45, 2.75) is 63.3 Å². The van der Waals surface area contributed by atoms with Gasteiger partial charge in [-0.05, 0) is 52.4 Å². The fourth-order valence-electron chi connectivity index (χ4n) is 5.84. The minimum Gasteiger partial charge on any atom is -0.445 e. The first-order valence-corrected chi connectivity index (χ1v) is 24.8. The molecule has 1 rings (SSSR count). The van der Waals surface area contributed by atoms with Gasteiger partial charge < -0.3 is 8.23 Å². The highest BCUT2D eigenvalue weighted by Crippen LogP contribution is 2.62. The second-order valence-electron chi connectivity index (χ2n) is 11.7. The molecule has 1 aliphatic heterocycles. The molecule has 0 aromatic rings. The maximum atomic E-state index is 6.69. The van der Waals surface area contributed by atoms with Crippen LogP contribution in [0.3, 0.4) is 0 Å². The molecule has 2 atom stereocenters. The van der Waals surface area contributed by atoms with E-state index < -0.39 is 31.9 Å². The average Bonchev–Trinajstić information content (AvgIpc) is 3.09. The van der Waals surface area contributed by atoms with Crippen LogP contribution in [-0.4, -0.2) is 103 Å². The lowest BCUT2D eigenvalue weighted by Crippen LogP contribution is -2.65. The summed E-state index contributed by atoms with van der Waals surface area (Å²) in [5.74, 6) is 0. The summed E-state index contributed by atoms with van der Waals surface area (Å²) in [7, 11) is 3.90. The van der Waals surface area contributed by atoms with Crippen LogP contribution in [0.5, 0.6) is 0 Å². The van der Waals surface area contributed by atoms with Crippen molar-refractivity contribution in [3.8, 4) is 0 Å². The standard InChI is InChI=1S/C10H36B10Cl2O2Si4/c1-25(2,23-27(5,6)21)9-10(26(3,4)24-28(7,8)22)16(9)20(18(13)14)19(15)17(11)12/h9-10H,11-15H2,1-8H3. The van der Waals surface area contributed by atoms with E-state index >= 15 is 0 Å². The molecule has 148 valence electrons. The molecule has 28 heavy (non-hydrogen) atoms. The van der Waals surface area contributed by atoms with Crippen molar-refractivity contribution < 1.29 is 8.23 Å². The highest BCUT2D eigenvalue weighted by atomic mass is 35.6. The molecule has 0 aromatic carbocycles. The monoisotopic (exact) mass is 480 g/mol. The van der Waals surface area contributed by atoms with E-state index in [1.54, 1.807) is 0 Å². The molecule has 0 radical (unpaired) electrons. The van der Waals surface area contributed by atoms with Crippen LogP contribution in [0.4, 0.5) is 0 Å². The normalized spacial score (nSPS) is 20.7. The van der Waals surface area contributed by atoms with Gasteiger partial charge in [0.1, 0.15) is 0 Å². The van der Waals surface area contributed by atoms with Crippen LogP contribution < -0.4 is 0 Å². The minimum atomic E-state index is -2.10. The van der Waals surface area contributed by atoms with Crippen LogP contribution in [-0.2, 0) is 8.23 Å². The Labute approximate surface area is 195 Å². The lowest BCUT2D eigenvalue weighted by Gasteiger charge is -2.35. The Kier molecular flexibility index (Phi) is 9.50. The molecule has 1 fully saturated rings. The van der Waals surface area contributed by atoms with Gasteiger partial charge in [-0.15, -0.1) is 22.2 Å². The third-order valence-electron chi connectivity index (χ3n) is 6.57. The van der Waals surface area contributed by atoms with E-state index in [9.17, 15) is 0 Å². The smallest absolute Gasteiger partial charge is 0.274 e. The molecule has 0 N–H and O–H groups in total. The van der Waals surface area contributed by atoms with Gasteiger partial charge in [-0.3, -0.25) is 0 Å². The molecule has 0 amide bonds.